The van der Waals surface area contributed by atoms with E-state index in [-0.39, 0.29) is 5.41 Å². The van der Waals surface area contributed by atoms with Crippen molar-refractivity contribution in [3.05, 3.63) is 64.9 Å². The molecule has 0 bridgehead atoms. The topological polar surface area (TPSA) is 36.4 Å². The van der Waals surface area contributed by atoms with Gasteiger partial charge in [-0.1, -0.05) is 35.9 Å². The van der Waals surface area contributed by atoms with Gasteiger partial charge in [-0.2, -0.15) is 0 Å². The summed E-state index contributed by atoms with van der Waals surface area (Å²) in [7, 11) is 0. The van der Waals surface area contributed by atoms with Gasteiger partial charge in [0.25, 0.3) is 0 Å². The highest BCUT2D eigenvalue weighted by atomic mass is 35.5. The van der Waals surface area contributed by atoms with Gasteiger partial charge in [-0.05, 0) is 49.1 Å². The van der Waals surface area contributed by atoms with Gasteiger partial charge >= 0.3 is 0 Å². The van der Waals surface area contributed by atoms with Crippen molar-refractivity contribution >= 4 is 17.5 Å². The number of pyridine rings is 1. The summed E-state index contributed by atoms with van der Waals surface area (Å²) in [6.07, 6.45) is 6.64. The molecule has 1 aromatic carbocycles. The summed E-state index contributed by atoms with van der Waals surface area (Å²) in [6.45, 7) is 4.12. The quantitative estimate of drug-likeness (QED) is 0.823. The highest BCUT2D eigenvalue weighted by Gasteiger charge is 2.48. The maximum atomic E-state index is 13.3. The molecule has 0 N–H and O–H groups in total. The van der Waals surface area contributed by atoms with Crippen molar-refractivity contribution in [3.8, 4) is 0 Å². The molecule has 136 valence electrons. The molecule has 1 amide bonds. The number of aromatic nitrogens is 1. The van der Waals surface area contributed by atoms with E-state index in [9.17, 15) is 4.79 Å². The van der Waals surface area contributed by atoms with Crippen LogP contribution in [0.4, 0.5) is 0 Å². The first-order chi connectivity index (χ1) is 12.7. The second kappa shape index (κ2) is 7.37. The summed E-state index contributed by atoms with van der Waals surface area (Å²) in [6, 6.07) is 12.0. The predicted octanol–water partition coefficient (Wildman–Crippen LogP) is 3.75. The highest BCUT2D eigenvalue weighted by molar-refractivity contribution is 6.31. The van der Waals surface area contributed by atoms with Gasteiger partial charge in [0.2, 0.25) is 5.91 Å². The first-order valence-corrected chi connectivity index (χ1v) is 9.68. The van der Waals surface area contributed by atoms with E-state index in [0.717, 1.165) is 61.6 Å². The van der Waals surface area contributed by atoms with Crippen molar-refractivity contribution in [2.75, 3.05) is 19.6 Å². The van der Waals surface area contributed by atoms with Gasteiger partial charge in [-0.25, -0.2) is 0 Å². The van der Waals surface area contributed by atoms with E-state index in [1.165, 1.54) is 0 Å². The number of nitrogens with zero attached hydrogens (tertiary/aromatic N) is 3. The number of likely N-dealkylation sites (tertiary alicyclic amines) is 2. The molecule has 2 aromatic rings. The van der Waals surface area contributed by atoms with E-state index in [2.05, 4.69) is 16.0 Å². The van der Waals surface area contributed by atoms with Crippen LogP contribution >= 0.6 is 11.6 Å². The lowest BCUT2D eigenvalue weighted by Gasteiger charge is -2.39. The van der Waals surface area contributed by atoms with Crippen LogP contribution < -0.4 is 0 Å². The maximum absolute atomic E-state index is 13.3. The molecule has 4 rings (SSSR count). The summed E-state index contributed by atoms with van der Waals surface area (Å²) in [5, 5.41) is 0.807. The number of halogens is 1. The second-order valence-electron chi connectivity index (χ2n) is 7.52. The SMILES string of the molecule is O=C1N(Cc2cccnc2)CCC[C@]12CCN(Cc1ccccc1Cl)C2. The number of hydrogen-bond donors (Lipinski definition) is 0. The molecule has 2 aliphatic heterocycles. The van der Waals surface area contributed by atoms with Crippen molar-refractivity contribution in [3.63, 3.8) is 0 Å². The summed E-state index contributed by atoms with van der Waals surface area (Å²) in [5.41, 5.74) is 2.02. The molecule has 3 heterocycles. The molecule has 1 spiro atoms. The number of hydrogen-bond acceptors (Lipinski definition) is 3. The van der Waals surface area contributed by atoms with Gasteiger partial charge in [0.05, 0.1) is 5.41 Å². The van der Waals surface area contributed by atoms with Crippen LogP contribution in [0.2, 0.25) is 5.02 Å². The minimum Gasteiger partial charge on any atom is -0.338 e. The molecule has 2 fully saturated rings. The van der Waals surface area contributed by atoms with Gasteiger partial charge in [-0.15, -0.1) is 0 Å². The smallest absolute Gasteiger partial charge is 0.230 e. The minimum absolute atomic E-state index is 0.221. The van der Waals surface area contributed by atoms with E-state index in [4.69, 9.17) is 11.6 Å². The van der Waals surface area contributed by atoms with Crippen LogP contribution in [0.15, 0.2) is 48.8 Å². The molecule has 0 radical (unpaired) electrons. The second-order valence-corrected chi connectivity index (χ2v) is 7.93. The Bertz CT molecular complexity index is 782. The molecular formula is C21H24ClN3O. The van der Waals surface area contributed by atoms with Gasteiger partial charge in [0.15, 0.2) is 0 Å². The van der Waals surface area contributed by atoms with Gasteiger partial charge in [-0.3, -0.25) is 14.7 Å². The van der Waals surface area contributed by atoms with Crippen LogP contribution in [0.1, 0.15) is 30.4 Å². The summed E-state index contributed by atoms with van der Waals surface area (Å²) < 4.78 is 0. The fourth-order valence-electron chi connectivity index (χ4n) is 4.35. The average Bonchev–Trinajstić information content (AvgIpc) is 3.06. The maximum Gasteiger partial charge on any atom is 0.230 e. The predicted molar refractivity (Wildman–Crippen MR) is 103 cm³/mol. The van der Waals surface area contributed by atoms with Gasteiger partial charge < -0.3 is 4.90 Å². The van der Waals surface area contributed by atoms with E-state index >= 15 is 0 Å². The molecule has 5 heteroatoms. The number of carbonyl (C=O) groups excluding carboxylic acids is 1. The first-order valence-electron chi connectivity index (χ1n) is 9.30. The highest BCUT2D eigenvalue weighted by Crippen LogP contribution is 2.41. The Kier molecular flexibility index (Phi) is 4.96. The zero-order valence-electron chi connectivity index (χ0n) is 14.9. The third-order valence-electron chi connectivity index (χ3n) is 5.71. The molecule has 26 heavy (non-hydrogen) atoms. The molecule has 2 saturated heterocycles. The zero-order valence-corrected chi connectivity index (χ0v) is 15.7. The Hall–Kier alpha value is -1.91. The number of piperidine rings is 1. The van der Waals surface area contributed by atoms with Gasteiger partial charge in [0, 0.05) is 43.6 Å². The van der Waals surface area contributed by atoms with Crippen LogP contribution in [-0.2, 0) is 17.9 Å². The Morgan fingerprint density at radius 2 is 1.96 bits per heavy atom. The largest absolute Gasteiger partial charge is 0.338 e. The van der Waals surface area contributed by atoms with Crippen LogP contribution in [0.5, 0.6) is 0 Å². The number of amides is 1. The monoisotopic (exact) mass is 369 g/mol. The van der Waals surface area contributed by atoms with Crippen LogP contribution in [0, 0.1) is 5.41 Å². The Balaban J connectivity index is 1.45. The Morgan fingerprint density at radius 3 is 2.77 bits per heavy atom. The fourth-order valence-corrected chi connectivity index (χ4v) is 4.55. The molecule has 0 saturated carbocycles. The normalized spacial score (nSPS) is 23.7. The third-order valence-corrected chi connectivity index (χ3v) is 6.07. The lowest BCUT2D eigenvalue weighted by Crippen LogP contribution is -2.49. The Labute approximate surface area is 159 Å². The average molecular weight is 370 g/mol. The lowest BCUT2D eigenvalue weighted by atomic mass is 9.78. The molecule has 4 nitrogen and oxygen atoms in total. The van der Waals surface area contributed by atoms with Crippen molar-refractivity contribution < 1.29 is 4.79 Å². The van der Waals surface area contributed by atoms with E-state index in [0.29, 0.717) is 12.5 Å². The van der Waals surface area contributed by atoms with Crippen molar-refractivity contribution in [1.29, 1.82) is 0 Å². The molecule has 1 atom stereocenters. The standard InChI is InChI=1S/C21H24ClN3O/c22-19-7-2-1-6-18(19)15-24-12-9-21(16-24)8-4-11-25(20(21)26)14-17-5-3-10-23-13-17/h1-3,5-7,10,13H,4,8-9,11-12,14-16H2/t21-/m1/s1. The molecule has 2 aliphatic rings. The zero-order chi connectivity index (χ0) is 18.0. The molecular weight excluding hydrogens is 346 g/mol. The van der Waals surface area contributed by atoms with E-state index in [1.54, 1.807) is 6.20 Å². The summed E-state index contributed by atoms with van der Waals surface area (Å²) in [5.74, 6) is 0.314. The van der Waals surface area contributed by atoms with Crippen LogP contribution in [-0.4, -0.2) is 40.3 Å². The van der Waals surface area contributed by atoms with Crippen LogP contribution in [0.25, 0.3) is 0 Å². The summed E-state index contributed by atoms with van der Waals surface area (Å²) in [4.78, 5) is 21.9. The van der Waals surface area contributed by atoms with Crippen molar-refractivity contribution in [2.45, 2.75) is 32.4 Å². The third kappa shape index (κ3) is 3.49. The van der Waals surface area contributed by atoms with E-state index in [1.807, 2.05) is 41.4 Å². The van der Waals surface area contributed by atoms with E-state index < -0.39 is 0 Å². The number of carbonyl (C=O) groups is 1. The molecule has 1 aromatic heterocycles. The lowest BCUT2D eigenvalue weighted by molar-refractivity contribution is -0.146. The van der Waals surface area contributed by atoms with Crippen molar-refractivity contribution in [2.24, 2.45) is 5.41 Å². The van der Waals surface area contributed by atoms with Crippen LogP contribution in [0.3, 0.4) is 0 Å². The fraction of sp³-hybridized carbons (Fsp3) is 0.429. The number of rotatable bonds is 4. The summed E-state index contributed by atoms with van der Waals surface area (Å²) >= 11 is 6.31. The minimum atomic E-state index is -0.221. The van der Waals surface area contributed by atoms with Gasteiger partial charge in [0.1, 0.15) is 0 Å². The van der Waals surface area contributed by atoms with Crippen molar-refractivity contribution in [1.82, 2.24) is 14.8 Å². The number of benzene rings is 1. The Morgan fingerprint density at radius 1 is 1.08 bits per heavy atom. The molecule has 0 aliphatic carbocycles. The molecule has 0 unspecified atom stereocenters. The first kappa shape index (κ1) is 17.5.